The number of non-ortho nitro benzene ring substituents is 1. The Labute approximate surface area is 271 Å². The molecular formula is C36H50N4O6. The molecule has 5 aliphatic rings. The van der Waals surface area contributed by atoms with Gasteiger partial charge in [0.1, 0.15) is 5.69 Å². The number of aliphatic carboxylic acids is 1. The second-order valence-electron chi connectivity index (χ2n) is 17.3. The molecule has 1 aromatic carbocycles. The van der Waals surface area contributed by atoms with E-state index >= 15 is 0 Å². The number of hydrogen-bond donors (Lipinski definition) is 2. The average molecular weight is 635 g/mol. The Bertz CT molecular complexity index is 1560. The number of nitro groups is 2. The Balaban J connectivity index is 1.32. The average Bonchev–Trinajstić information content (AvgIpc) is 2.96. The Kier molecular flexibility index (Phi) is 7.34. The predicted octanol–water partition coefficient (Wildman–Crippen LogP) is 9.16. The van der Waals surface area contributed by atoms with Gasteiger partial charge in [-0.1, -0.05) is 60.1 Å². The molecule has 2 N–H and O–H groups in total. The normalized spacial score (nSPS) is 39.9. The van der Waals surface area contributed by atoms with Crippen molar-refractivity contribution < 1.29 is 19.7 Å². The highest BCUT2D eigenvalue weighted by Crippen LogP contribution is 2.75. The summed E-state index contributed by atoms with van der Waals surface area (Å²) in [6.45, 7) is 16.6. The molecule has 0 spiro atoms. The molecule has 1 aromatic rings. The molecule has 5 aliphatic carbocycles. The minimum Gasteiger partial charge on any atom is -0.481 e. The smallest absolute Gasteiger partial charge is 0.310 e. The highest BCUT2D eigenvalue weighted by Gasteiger charge is 2.69. The van der Waals surface area contributed by atoms with Crippen LogP contribution in [-0.4, -0.2) is 26.6 Å². The van der Waals surface area contributed by atoms with Crippen molar-refractivity contribution >= 4 is 28.7 Å². The number of hydrogen-bond acceptors (Lipinski definition) is 7. The molecular weight excluding hydrogens is 584 g/mol. The zero-order chi connectivity index (χ0) is 33.7. The lowest BCUT2D eigenvalue weighted by Crippen LogP contribution is -2.64. The summed E-state index contributed by atoms with van der Waals surface area (Å²) in [5.41, 5.74) is 4.04. The highest BCUT2D eigenvalue weighted by molar-refractivity contribution is 5.91. The maximum atomic E-state index is 12.9. The monoisotopic (exact) mass is 634 g/mol. The van der Waals surface area contributed by atoms with E-state index in [9.17, 15) is 30.1 Å². The lowest BCUT2D eigenvalue weighted by atomic mass is 9.33. The van der Waals surface area contributed by atoms with Gasteiger partial charge < -0.3 is 5.11 Å². The van der Waals surface area contributed by atoms with E-state index in [-0.39, 0.29) is 50.1 Å². The summed E-state index contributed by atoms with van der Waals surface area (Å²) >= 11 is 0. The van der Waals surface area contributed by atoms with Gasteiger partial charge in [-0.2, -0.15) is 5.10 Å². The third-order valence-electron chi connectivity index (χ3n) is 14.5. The van der Waals surface area contributed by atoms with Crippen molar-refractivity contribution in [2.45, 2.75) is 113 Å². The van der Waals surface area contributed by atoms with E-state index in [1.54, 1.807) is 0 Å². The Hall–Kier alpha value is -3.30. The van der Waals surface area contributed by atoms with Crippen molar-refractivity contribution in [3.8, 4) is 0 Å². The molecule has 0 saturated heterocycles. The third-order valence-corrected chi connectivity index (χ3v) is 14.5. The number of carbonyl (C=O) groups is 1. The Morgan fingerprint density at radius 1 is 0.935 bits per heavy atom. The fraction of sp³-hybridized carbons (Fsp3) is 0.722. The van der Waals surface area contributed by atoms with Gasteiger partial charge >= 0.3 is 11.7 Å². The van der Waals surface area contributed by atoms with Crippen LogP contribution in [0, 0.1) is 70.5 Å². The first-order chi connectivity index (χ1) is 21.3. The molecule has 0 aromatic heterocycles. The number of hydrazone groups is 1. The van der Waals surface area contributed by atoms with Crippen LogP contribution in [0.15, 0.2) is 34.9 Å². The van der Waals surface area contributed by atoms with Crippen LogP contribution in [0.5, 0.6) is 0 Å². The van der Waals surface area contributed by atoms with Crippen molar-refractivity contribution in [2.75, 3.05) is 5.43 Å². The van der Waals surface area contributed by atoms with Crippen LogP contribution >= 0.6 is 0 Å². The van der Waals surface area contributed by atoms with E-state index in [1.165, 1.54) is 17.7 Å². The Morgan fingerprint density at radius 3 is 2.28 bits per heavy atom. The summed E-state index contributed by atoms with van der Waals surface area (Å²) in [6.07, 6.45) is 11.6. The summed E-state index contributed by atoms with van der Waals surface area (Å²) < 4.78 is 0. The van der Waals surface area contributed by atoms with Gasteiger partial charge in [-0.25, -0.2) is 0 Å². The molecule has 10 heteroatoms. The molecule has 10 nitrogen and oxygen atoms in total. The molecule has 0 radical (unpaired) electrons. The molecule has 7 atom stereocenters. The fourth-order valence-electron chi connectivity index (χ4n) is 11.6. The maximum absolute atomic E-state index is 12.9. The van der Waals surface area contributed by atoms with E-state index in [4.69, 9.17) is 5.10 Å². The molecule has 0 amide bonds. The fourth-order valence-corrected chi connectivity index (χ4v) is 11.6. The second kappa shape index (κ2) is 10.3. The minimum atomic E-state index is -0.644. The third kappa shape index (κ3) is 4.48. The van der Waals surface area contributed by atoms with Crippen LogP contribution in [0.1, 0.15) is 113 Å². The number of nitrogens with zero attached hydrogens (tertiary/aromatic N) is 3. The second-order valence-corrected chi connectivity index (χ2v) is 17.3. The maximum Gasteiger partial charge on any atom is 0.310 e. The standard InChI is InChI=1S/C36H50N4O6/c1-31(2)16-18-36(30(41)42)19-17-34(6)23(24(36)21-31)9-11-28-33(5)14-13-29(32(3,4)27(33)12-15-35(28,34)7)38-37-25-10-8-22(39(43)44)20-26(25)40(45)46/h8-10,20,24,27-28,37H,11-19,21H2,1-7H3,(H,41,42)/b38-29+/t24-,27?,28+,33-,34+,35+,36?/m0/s1. The van der Waals surface area contributed by atoms with Crippen LogP contribution in [0.2, 0.25) is 0 Å². The number of fused-ring (bicyclic) bond motifs is 7. The molecule has 0 heterocycles. The van der Waals surface area contributed by atoms with E-state index in [2.05, 4.69) is 60.0 Å². The summed E-state index contributed by atoms with van der Waals surface area (Å²) in [7, 11) is 0. The topological polar surface area (TPSA) is 148 Å². The van der Waals surface area contributed by atoms with Crippen molar-refractivity contribution in [3.05, 3.63) is 50.1 Å². The van der Waals surface area contributed by atoms with E-state index in [0.29, 0.717) is 11.8 Å². The summed E-state index contributed by atoms with van der Waals surface area (Å²) in [6, 6.07) is 3.58. The summed E-state index contributed by atoms with van der Waals surface area (Å²) in [5, 5.41) is 38.3. The first kappa shape index (κ1) is 32.6. The number of carboxylic acid groups (broad SMARTS) is 1. The Morgan fingerprint density at radius 2 is 1.63 bits per heavy atom. The van der Waals surface area contributed by atoms with Gasteiger partial charge in [-0.15, -0.1) is 0 Å². The van der Waals surface area contributed by atoms with Gasteiger partial charge in [-0.05, 0) is 110 Å². The van der Waals surface area contributed by atoms with Crippen LogP contribution in [-0.2, 0) is 4.79 Å². The number of nitro benzene ring substituents is 2. The van der Waals surface area contributed by atoms with Gasteiger partial charge in [0.15, 0.2) is 0 Å². The molecule has 6 rings (SSSR count). The minimum absolute atomic E-state index is 0.0458. The van der Waals surface area contributed by atoms with Crippen molar-refractivity contribution in [1.82, 2.24) is 0 Å². The number of carboxylic acids is 1. The predicted molar refractivity (Wildman–Crippen MR) is 177 cm³/mol. The van der Waals surface area contributed by atoms with Crippen molar-refractivity contribution in [3.63, 3.8) is 0 Å². The molecule has 2 unspecified atom stereocenters. The number of anilines is 1. The molecule has 4 fully saturated rings. The zero-order valence-electron chi connectivity index (χ0n) is 28.4. The number of allylic oxidation sites excluding steroid dienone is 2. The molecule has 46 heavy (non-hydrogen) atoms. The van der Waals surface area contributed by atoms with Crippen LogP contribution < -0.4 is 5.43 Å². The van der Waals surface area contributed by atoms with Crippen molar-refractivity contribution in [2.24, 2.45) is 55.3 Å². The lowest BCUT2D eigenvalue weighted by Gasteiger charge is -2.70. The number of rotatable bonds is 5. The van der Waals surface area contributed by atoms with Crippen LogP contribution in [0.4, 0.5) is 17.1 Å². The van der Waals surface area contributed by atoms with Gasteiger partial charge in [0, 0.05) is 17.2 Å². The van der Waals surface area contributed by atoms with Gasteiger partial charge in [0.2, 0.25) is 0 Å². The van der Waals surface area contributed by atoms with Gasteiger partial charge in [0.05, 0.1) is 21.3 Å². The summed E-state index contributed by atoms with van der Waals surface area (Å²) in [4.78, 5) is 34.6. The number of nitrogens with one attached hydrogen (secondary N) is 1. The van der Waals surface area contributed by atoms with Crippen molar-refractivity contribution in [1.29, 1.82) is 0 Å². The first-order valence-electron chi connectivity index (χ1n) is 17.0. The number of benzene rings is 1. The molecule has 4 saturated carbocycles. The largest absolute Gasteiger partial charge is 0.481 e. The quantitative estimate of drug-likeness (QED) is 0.186. The molecule has 0 bridgehead atoms. The van der Waals surface area contributed by atoms with E-state index in [0.717, 1.165) is 76.0 Å². The highest BCUT2D eigenvalue weighted by atomic mass is 16.6. The van der Waals surface area contributed by atoms with Crippen LogP contribution in [0.3, 0.4) is 0 Å². The zero-order valence-corrected chi connectivity index (χ0v) is 28.4. The van der Waals surface area contributed by atoms with Gasteiger partial charge in [0.25, 0.3) is 5.69 Å². The molecule has 250 valence electrons. The van der Waals surface area contributed by atoms with E-state index < -0.39 is 21.2 Å². The van der Waals surface area contributed by atoms with Crippen LogP contribution in [0.25, 0.3) is 0 Å². The first-order valence-corrected chi connectivity index (χ1v) is 17.0. The van der Waals surface area contributed by atoms with E-state index in [1.807, 2.05) is 0 Å². The van der Waals surface area contributed by atoms with Gasteiger partial charge in [-0.3, -0.25) is 30.4 Å². The lowest BCUT2D eigenvalue weighted by molar-refractivity contribution is -0.393. The SMILES string of the molecule is CC1(C)CCC2(C(=O)O)CC[C@]3(C)C(=CC[C@@H]4[C@@]5(C)CC/C(=N\Nc6ccc([N+](=O)[O-])cc6[N+](=O)[O-])C(C)(C)C5CC[C@]43C)[C@@H]2C1. The molecule has 0 aliphatic heterocycles. The summed E-state index contributed by atoms with van der Waals surface area (Å²) in [5.74, 6) is 0.290.